The Balaban J connectivity index is 2.05. The SMILES string of the molecule is CCS(=O)(=O)CC(C)NC1CCCc2c1cnn2C. The van der Waals surface area contributed by atoms with Gasteiger partial charge in [-0.3, -0.25) is 4.68 Å². The first-order valence-corrected chi connectivity index (χ1v) is 8.72. The first kappa shape index (κ1) is 14.5. The molecule has 1 aromatic rings. The molecular weight excluding hydrogens is 262 g/mol. The van der Waals surface area contributed by atoms with E-state index in [0.717, 1.165) is 19.3 Å². The minimum absolute atomic E-state index is 0.0268. The van der Waals surface area contributed by atoms with E-state index >= 15 is 0 Å². The molecule has 0 saturated carbocycles. The summed E-state index contributed by atoms with van der Waals surface area (Å²) < 4.78 is 25.2. The lowest BCUT2D eigenvalue weighted by atomic mass is 9.92. The quantitative estimate of drug-likeness (QED) is 0.883. The predicted octanol–water partition coefficient (Wildman–Crippen LogP) is 1.21. The maximum absolute atomic E-state index is 11.6. The number of aromatic nitrogens is 2. The van der Waals surface area contributed by atoms with Gasteiger partial charge in [-0.1, -0.05) is 6.92 Å². The van der Waals surface area contributed by atoms with Crippen molar-refractivity contribution in [3.8, 4) is 0 Å². The van der Waals surface area contributed by atoms with Crippen molar-refractivity contribution in [1.82, 2.24) is 15.1 Å². The summed E-state index contributed by atoms with van der Waals surface area (Å²) in [5, 5.41) is 7.75. The van der Waals surface area contributed by atoms with Crippen LogP contribution in [0.5, 0.6) is 0 Å². The maximum atomic E-state index is 11.6. The van der Waals surface area contributed by atoms with E-state index in [1.165, 1.54) is 11.3 Å². The summed E-state index contributed by atoms with van der Waals surface area (Å²) in [7, 11) is -0.961. The fraction of sp³-hybridized carbons (Fsp3) is 0.769. The molecule has 1 N–H and O–H groups in total. The molecule has 1 heterocycles. The van der Waals surface area contributed by atoms with Crippen molar-refractivity contribution in [2.24, 2.45) is 7.05 Å². The van der Waals surface area contributed by atoms with E-state index in [1.54, 1.807) is 6.92 Å². The third-order valence-corrected chi connectivity index (χ3v) is 5.69. The number of sulfone groups is 1. The van der Waals surface area contributed by atoms with Crippen LogP contribution in [-0.4, -0.2) is 35.7 Å². The smallest absolute Gasteiger partial charge is 0.151 e. The van der Waals surface area contributed by atoms with Crippen molar-refractivity contribution in [1.29, 1.82) is 0 Å². The minimum Gasteiger partial charge on any atom is -0.306 e. The number of aryl methyl sites for hydroxylation is 1. The molecule has 0 amide bonds. The van der Waals surface area contributed by atoms with Gasteiger partial charge in [0.15, 0.2) is 9.84 Å². The molecule has 0 fully saturated rings. The second kappa shape index (κ2) is 5.63. The minimum atomic E-state index is -2.92. The lowest BCUT2D eigenvalue weighted by Gasteiger charge is -2.27. The zero-order valence-electron chi connectivity index (χ0n) is 11.9. The van der Waals surface area contributed by atoms with Gasteiger partial charge in [-0.25, -0.2) is 8.42 Å². The Kier molecular flexibility index (Phi) is 4.30. The highest BCUT2D eigenvalue weighted by Gasteiger charge is 2.25. The summed E-state index contributed by atoms with van der Waals surface area (Å²) in [4.78, 5) is 0. The first-order valence-electron chi connectivity index (χ1n) is 6.90. The average Bonchev–Trinajstić information content (AvgIpc) is 2.72. The molecule has 0 spiro atoms. The summed E-state index contributed by atoms with van der Waals surface area (Å²) in [5.74, 6) is 0.414. The van der Waals surface area contributed by atoms with Gasteiger partial charge in [0.1, 0.15) is 0 Å². The molecule has 108 valence electrons. The van der Waals surface area contributed by atoms with Gasteiger partial charge in [-0.15, -0.1) is 0 Å². The molecule has 0 saturated heterocycles. The fourth-order valence-electron chi connectivity index (χ4n) is 2.77. The highest BCUT2D eigenvalue weighted by atomic mass is 32.2. The lowest BCUT2D eigenvalue weighted by Crippen LogP contribution is -2.37. The molecule has 2 rings (SSSR count). The first-order chi connectivity index (χ1) is 8.93. The van der Waals surface area contributed by atoms with Crippen LogP contribution in [-0.2, 0) is 23.3 Å². The Morgan fingerprint density at radius 1 is 1.58 bits per heavy atom. The molecular formula is C13H23N3O2S. The Morgan fingerprint density at radius 2 is 2.32 bits per heavy atom. The van der Waals surface area contributed by atoms with Crippen molar-refractivity contribution in [2.75, 3.05) is 11.5 Å². The van der Waals surface area contributed by atoms with Crippen LogP contribution in [0.25, 0.3) is 0 Å². The van der Waals surface area contributed by atoms with Gasteiger partial charge in [0.25, 0.3) is 0 Å². The Labute approximate surface area is 115 Å². The van der Waals surface area contributed by atoms with Crippen molar-refractivity contribution < 1.29 is 8.42 Å². The number of fused-ring (bicyclic) bond motifs is 1. The van der Waals surface area contributed by atoms with E-state index < -0.39 is 9.84 Å². The normalized spacial score (nSPS) is 21.1. The van der Waals surface area contributed by atoms with Crippen molar-refractivity contribution in [3.63, 3.8) is 0 Å². The summed E-state index contributed by atoms with van der Waals surface area (Å²) in [6, 6.07) is 0.209. The molecule has 2 unspecified atom stereocenters. The molecule has 1 aliphatic rings. The second-order valence-corrected chi connectivity index (χ2v) is 7.78. The zero-order chi connectivity index (χ0) is 14.0. The lowest BCUT2D eigenvalue weighted by molar-refractivity contribution is 0.418. The van der Waals surface area contributed by atoms with Gasteiger partial charge in [0.2, 0.25) is 0 Å². The monoisotopic (exact) mass is 285 g/mol. The van der Waals surface area contributed by atoms with Crippen LogP contribution in [0.4, 0.5) is 0 Å². The van der Waals surface area contributed by atoms with Gasteiger partial charge >= 0.3 is 0 Å². The predicted molar refractivity (Wildman–Crippen MR) is 75.8 cm³/mol. The number of hydrogen-bond donors (Lipinski definition) is 1. The average molecular weight is 285 g/mol. The van der Waals surface area contributed by atoms with Crippen LogP contribution in [0.1, 0.15) is 44.0 Å². The van der Waals surface area contributed by atoms with E-state index in [9.17, 15) is 8.42 Å². The molecule has 0 aliphatic heterocycles. The third-order valence-electron chi connectivity index (χ3n) is 3.81. The third kappa shape index (κ3) is 3.36. The molecule has 1 aromatic heterocycles. The summed E-state index contributed by atoms with van der Waals surface area (Å²) in [6.07, 6.45) is 5.14. The topological polar surface area (TPSA) is 64.0 Å². The Morgan fingerprint density at radius 3 is 3.00 bits per heavy atom. The molecule has 6 heteroatoms. The Bertz CT molecular complexity index is 536. The number of nitrogens with one attached hydrogen (secondary N) is 1. The summed E-state index contributed by atoms with van der Waals surface area (Å²) in [5.41, 5.74) is 2.50. The van der Waals surface area contributed by atoms with E-state index in [0.29, 0.717) is 0 Å². The largest absolute Gasteiger partial charge is 0.306 e. The fourth-order valence-corrected chi connectivity index (χ4v) is 3.86. The molecule has 1 aliphatic carbocycles. The zero-order valence-corrected chi connectivity index (χ0v) is 12.7. The Hall–Kier alpha value is -0.880. The van der Waals surface area contributed by atoms with Gasteiger partial charge in [-0.05, 0) is 26.2 Å². The van der Waals surface area contributed by atoms with Gasteiger partial charge in [0.05, 0.1) is 11.9 Å². The summed E-state index contributed by atoms with van der Waals surface area (Å²) >= 11 is 0. The molecule has 0 aromatic carbocycles. The standard InChI is InChI=1S/C13H23N3O2S/c1-4-19(17,18)9-10(2)15-12-6-5-7-13-11(12)8-14-16(13)3/h8,10,12,15H,4-7,9H2,1-3H3. The van der Waals surface area contributed by atoms with Crippen molar-refractivity contribution in [2.45, 2.75) is 45.2 Å². The number of hydrogen-bond acceptors (Lipinski definition) is 4. The van der Waals surface area contributed by atoms with E-state index in [1.807, 2.05) is 24.9 Å². The highest BCUT2D eigenvalue weighted by molar-refractivity contribution is 7.91. The second-order valence-electron chi connectivity index (χ2n) is 5.38. The van der Waals surface area contributed by atoms with Crippen LogP contribution in [0.3, 0.4) is 0 Å². The van der Waals surface area contributed by atoms with Crippen LogP contribution in [0.2, 0.25) is 0 Å². The molecule has 19 heavy (non-hydrogen) atoms. The van der Waals surface area contributed by atoms with Crippen molar-refractivity contribution >= 4 is 9.84 Å². The van der Waals surface area contributed by atoms with Crippen molar-refractivity contribution in [3.05, 3.63) is 17.5 Å². The van der Waals surface area contributed by atoms with E-state index in [2.05, 4.69) is 10.4 Å². The number of rotatable bonds is 5. The van der Waals surface area contributed by atoms with Gasteiger partial charge in [0, 0.05) is 36.1 Å². The van der Waals surface area contributed by atoms with Crippen LogP contribution < -0.4 is 5.32 Å². The maximum Gasteiger partial charge on any atom is 0.151 e. The highest BCUT2D eigenvalue weighted by Crippen LogP contribution is 2.29. The van der Waals surface area contributed by atoms with E-state index in [4.69, 9.17) is 0 Å². The van der Waals surface area contributed by atoms with E-state index in [-0.39, 0.29) is 23.6 Å². The molecule has 0 bridgehead atoms. The van der Waals surface area contributed by atoms with Crippen LogP contribution in [0.15, 0.2) is 6.20 Å². The van der Waals surface area contributed by atoms with Crippen LogP contribution >= 0.6 is 0 Å². The molecule has 5 nitrogen and oxygen atoms in total. The molecule has 0 radical (unpaired) electrons. The summed E-state index contributed by atoms with van der Waals surface area (Å²) in [6.45, 7) is 3.64. The van der Waals surface area contributed by atoms with Gasteiger partial charge in [-0.2, -0.15) is 5.10 Å². The van der Waals surface area contributed by atoms with Crippen LogP contribution in [0, 0.1) is 0 Å². The molecule has 2 atom stereocenters. The van der Waals surface area contributed by atoms with Gasteiger partial charge < -0.3 is 5.32 Å². The number of nitrogens with zero attached hydrogens (tertiary/aromatic N) is 2.